The van der Waals surface area contributed by atoms with Gasteiger partial charge in [-0.1, -0.05) is 11.6 Å². The van der Waals surface area contributed by atoms with Crippen LogP contribution in [0.3, 0.4) is 0 Å². The van der Waals surface area contributed by atoms with Crippen molar-refractivity contribution in [3.05, 3.63) is 70.8 Å². The SMILES string of the molecule is Cc1cc2c(cc1-c1ccc(OC(F)(F)F)cc1Cl)CN(Cc1ncccn1)C(=O)O2. The highest BCUT2D eigenvalue weighted by atomic mass is 35.5. The highest BCUT2D eigenvalue weighted by Gasteiger charge is 2.31. The summed E-state index contributed by atoms with van der Waals surface area (Å²) in [6, 6.07) is 8.96. The lowest BCUT2D eigenvalue weighted by Crippen LogP contribution is -2.37. The number of ether oxygens (including phenoxy) is 2. The summed E-state index contributed by atoms with van der Waals surface area (Å²) in [5, 5.41) is 0.104. The van der Waals surface area contributed by atoms with Crippen molar-refractivity contribution in [2.45, 2.75) is 26.4 Å². The lowest BCUT2D eigenvalue weighted by atomic mass is 9.96. The third-order valence-electron chi connectivity index (χ3n) is 4.64. The van der Waals surface area contributed by atoms with Crippen molar-refractivity contribution >= 4 is 17.7 Å². The van der Waals surface area contributed by atoms with E-state index >= 15 is 0 Å². The molecule has 0 saturated carbocycles. The summed E-state index contributed by atoms with van der Waals surface area (Å²) in [6.07, 6.45) is -2.15. The summed E-state index contributed by atoms with van der Waals surface area (Å²) in [4.78, 5) is 22.0. The van der Waals surface area contributed by atoms with Gasteiger partial charge in [-0.2, -0.15) is 0 Å². The van der Waals surface area contributed by atoms with Crippen LogP contribution >= 0.6 is 11.6 Å². The zero-order valence-electron chi connectivity index (χ0n) is 16.1. The van der Waals surface area contributed by atoms with E-state index in [1.807, 2.05) is 6.07 Å². The molecular formula is C21H15ClF3N3O3. The lowest BCUT2D eigenvalue weighted by molar-refractivity contribution is -0.274. The van der Waals surface area contributed by atoms with E-state index in [9.17, 15) is 18.0 Å². The van der Waals surface area contributed by atoms with Gasteiger partial charge in [-0.25, -0.2) is 14.8 Å². The second-order valence-electron chi connectivity index (χ2n) is 6.85. The number of aromatic nitrogens is 2. The summed E-state index contributed by atoms with van der Waals surface area (Å²) in [7, 11) is 0. The minimum Gasteiger partial charge on any atom is -0.410 e. The monoisotopic (exact) mass is 449 g/mol. The number of amides is 1. The Balaban J connectivity index is 1.63. The molecule has 1 amide bonds. The smallest absolute Gasteiger partial charge is 0.410 e. The molecule has 0 saturated heterocycles. The van der Waals surface area contributed by atoms with Crippen LogP contribution < -0.4 is 9.47 Å². The third kappa shape index (κ3) is 4.72. The fourth-order valence-electron chi connectivity index (χ4n) is 3.28. The topological polar surface area (TPSA) is 64.5 Å². The molecule has 1 aromatic heterocycles. The molecule has 0 fully saturated rings. The number of alkyl halides is 3. The second kappa shape index (κ2) is 8.07. The molecule has 0 atom stereocenters. The molecule has 4 rings (SSSR count). The van der Waals surface area contributed by atoms with Gasteiger partial charge in [0.25, 0.3) is 0 Å². The van der Waals surface area contributed by atoms with E-state index in [1.165, 1.54) is 17.0 Å². The van der Waals surface area contributed by atoms with Gasteiger partial charge in [-0.15, -0.1) is 13.2 Å². The fourth-order valence-corrected chi connectivity index (χ4v) is 3.55. The van der Waals surface area contributed by atoms with E-state index in [1.54, 1.807) is 31.5 Å². The number of halogens is 4. The average Bonchev–Trinajstić information content (AvgIpc) is 2.69. The molecule has 31 heavy (non-hydrogen) atoms. The number of carbonyl (C=O) groups excluding carboxylic acids is 1. The van der Waals surface area contributed by atoms with E-state index in [0.717, 1.165) is 17.2 Å². The number of rotatable bonds is 4. The molecule has 0 aliphatic carbocycles. The third-order valence-corrected chi connectivity index (χ3v) is 4.95. The molecule has 0 unspecified atom stereocenters. The number of benzene rings is 2. The van der Waals surface area contributed by atoms with Crippen LogP contribution in [0.2, 0.25) is 5.02 Å². The Morgan fingerprint density at radius 1 is 1.16 bits per heavy atom. The maximum Gasteiger partial charge on any atom is 0.573 e. The Morgan fingerprint density at radius 2 is 1.90 bits per heavy atom. The predicted molar refractivity (Wildman–Crippen MR) is 106 cm³/mol. The first-order valence-electron chi connectivity index (χ1n) is 9.11. The van der Waals surface area contributed by atoms with Gasteiger partial charge in [-0.3, -0.25) is 4.90 Å². The zero-order valence-corrected chi connectivity index (χ0v) is 16.9. The highest BCUT2D eigenvalue weighted by Crippen LogP contribution is 2.38. The summed E-state index contributed by atoms with van der Waals surface area (Å²) in [5.74, 6) is 0.489. The van der Waals surface area contributed by atoms with Crippen LogP contribution in [-0.2, 0) is 13.1 Å². The van der Waals surface area contributed by atoms with E-state index in [2.05, 4.69) is 14.7 Å². The molecule has 0 bridgehead atoms. The number of fused-ring (bicyclic) bond motifs is 1. The first kappa shape index (κ1) is 20.9. The van der Waals surface area contributed by atoms with Gasteiger partial charge in [-0.05, 0) is 54.4 Å². The molecule has 1 aliphatic heterocycles. The fraction of sp³-hybridized carbons (Fsp3) is 0.190. The van der Waals surface area contributed by atoms with Gasteiger partial charge in [0.1, 0.15) is 17.3 Å². The van der Waals surface area contributed by atoms with Crippen LogP contribution in [0.1, 0.15) is 17.0 Å². The molecule has 0 spiro atoms. The summed E-state index contributed by atoms with van der Waals surface area (Å²) >= 11 is 6.25. The quantitative estimate of drug-likeness (QED) is 0.525. The van der Waals surface area contributed by atoms with Gasteiger partial charge in [0.2, 0.25) is 0 Å². The van der Waals surface area contributed by atoms with Crippen LogP contribution in [-0.4, -0.2) is 27.3 Å². The van der Waals surface area contributed by atoms with Gasteiger partial charge in [0, 0.05) is 23.5 Å². The van der Waals surface area contributed by atoms with Crippen LogP contribution in [0, 0.1) is 6.92 Å². The predicted octanol–water partition coefficient (Wildman–Crippen LogP) is 5.52. The maximum atomic E-state index is 12.5. The first-order valence-corrected chi connectivity index (χ1v) is 9.49. The Hall–Kier alpha value is -3.33. The molecule has 10 heteroatoms. The molecule has 0 radical (unpaired) electrons. The summed E-state index contributed by atoms with van der Waals surface area (Å²) in [6.45, 7) is 2.23. The summed E-state index contributed by atoms with van der Waals surface area (Å²) < 4.78 is 46.7. The maximum absolute atomic E-state index is 12.5. The molecule has 2 aromatic carbocycles. The first-order chi connectivity index (χ1) is 14.7. The number of carbonyl (C=O) groups is 1. The van der Waals surface area contributed by atoms with Crippen LogP contribution in [0.15, 0.2) is 48.8 Å². The Labute approximate surface area is 180 Å². The van der Waals surface area contributed by atoms with E-state index in [-0.39, 0.29) is 18.1 Å². The summed E-state index contributed by atoms with van der Waals surface area (Å²) in [5.41, 5.74) is 2.71. The largest absolute Gasteiger partial charge is 0.573 e. The molecule has 1 aliphatic rings. The van der Waals surface area contributed by atoms with E-state index < -0.39 is 18.2 Å². The zero-order chi connectivity index (χ0) is 22.2. The van der Waals surface area contributed by atoms with Crippen LogP contribution in [0.5, 0.6) is 11.5 Å². The minimum absolute atomic E-state index is 0.104. The van der Waals surface area contributed by atoms with Gasteiger partial charge >= 0.3 is 12.5 Å². The van der Waals surface area contributed by atoms with Gasteiger partial charge < -0.3 is 9.47 Å². The number of hydrogen-bond acceptors (Lipinski definition) is 5. The lowest BCUT2D eigenvalue weighted by Gasteiger charge is -2.28. The van der Waals surface area contributed by atoms with E-state index in [0.29, 0.717) is 22.7 Å². The van der Waals surface area contributed by atoms with Crippen molar-refractivity contribution in [2.24, 2.45) is 0 Å². The second-order valence-corrected chi connectivity index (χ2v) is 7.26. The van der Waals surface area contributed by atoms with Crippen LogP contribution in [0.4, 0.5) is 18.0 Å². The van der Waals surface area contributed by atoms with Crippen LogP contribution in [0.25, 0.3) is 11.1 Å². The average molecular weight is 450 g/mol. The van der Waals surface area contributed by atoms with Crippen molar-refractivity contribution in [3.8, 4) is 22.6 Å². The number of aryl methyl sites for hydroxylation is 1. The van der Waals surface area contributed by atoms with Crippen molar-refractivity contribution in [1.82, 2.24) is 14.9 Å². The van der Waals surface area contributed by atoms with Gasteiger partial charge in [0.05, 0.1) is 18.1 Å². The Bertz CT molecular complexity index is 1140. The highest BCUT2D eigenvalue weighted by molar-refractivity contribution is 6.33. The normalized spacial score (nSPS) is 13.6. The molecule has 0 N–H and O–H groups in total. The van der Waals surface area contributed by atoms with Crippen molar-refractivity contribution in [2.75, 3.05) is 0 Å². The van der Waals surface area contributed by atoms with E-state index in [4.69, 9.17) is 16.3 Å². The Kier molecular flexibility index (Phi) is 5.45. The van der Waals surface area contributed by atoms with Crippen molar-refractivity contribution in [1.29, 1.82) is 0 Å². The standard InChI is InChI=1S/C21H15ClF3N3O3/c1-12-7-18-13(10-28(20(29)30-18)11-19-26-5-2-6-27-19)8-16(12)15-4-3-14(9-17(15)22)31-21(23,24)25/h2-9H,10-11H2,1H3. The Morgan fingerprint density at radius 3 is 2.58 bits per heavy atom. The number of hydrogen-bond donors (Lipinski definition) is 0. The molecular weight excluding hydrogens is 435 g/mol. The molecule has 2 heterocycles. The molecule has 3 aromatic rings. The van der Waals surface area contributed by atoms with Crippen molar-refractivity contribution < 1.29 is 27.4 Å². The van der Waals surface area contributed by atoms with Gasteiger partial charge in [0.15, 0.2) is 0 Å². The van der Waals surface area contributed by atoms with Crippen molar-refractivity contribution in [3.63, 3.8) is 0 Å². The molecule has 160 valence electrons. The minimum atomic E-state index is -4.80. The molecule has 6 nitrogen and oxygen atoms in total. The number of nitrogens with zero attached hydrogens (tertiary/aromatic N) is 3.